The molecule has 0 fully saturated rings. The SMILES string of the molecule is Nc1c([N+](=O)[O-])c(CCO)nn1Cc1ccccc1. The van der Waals surface area contributed by atoms with E-state index in [9.17, 15) is 10.1 Å². The van der Waals surface area contributed by atoms with Gasteiger partial charge in [0.2, 0.25) is 5.82 Å². The molecule has 0 aliphatic carbocycles. The Bertz CT molecular complexity index is 580. The van der Waals surface area contributed by atoms with E-state index < -0.39 is 4.92 Å². The molecule has 0 spiro atoms. The number of nitro groups is 1. The summed E-state index contributed by atoms with van der Waals surface area (Å²) in [6, 6.07) is 9.41. The van der Waals surface area contributed by atoms with Gasteiger partial charge in [0.25, 0.3) is 0 Å². The van der Waals surface area contributed by atoms with Crippen LogP contribution in [0.5, 0.6) is 0 Å². The van der Waals surface area contributed by atoms with Gasteiger partial charge in [0.05, 0.1) is 11.5 Å². The van der Waals surface area contributed by atoms with E-state index in [-0.39, 0.29) is 30.2 Å². The third kappa shape index (κ3) is 2.71. The van der Waals surface area contributed by atoms with Gasteiger partial charge in [-0.2, -0.15) is 5.10 Å². The molecule has 2 rings (SSSR count). The highest BCUT2D eigenvalue weighted by Crippen LogP contribution is 2.26. The molecule has 19 heavy (non-hydrogen) atoms. The molecule has 7 nitrogen and oxygen atoms in total. The van der Waals surface area contributed by atoms with Gasteiger partial charge in [-0.1, -0.05) is 30.3 Å². The fraction of sp³-hybridized carbons (Fsp3) is 0.250. The van der Waals surface area contributed by atoms with Gasteiger partial charge >= 0.3 is 5.69 Å². The Labute approximate surface area is 109 Å². The Hall–Kier alpha value is -2.41. The summed E-state index contributed by atoms with van der Waals surface area (Å²) in [4.78, 5) is 10.4. The van der Waals surface area contributed by atoms with Gasteiger partial charge in [0.15, 0.2) is 0 Å². The Morgan fingerprint density at radius 3 is 2.63 bits per heavy atom. The van der Waals surface area contributed by atoms with Crippen molar-refractivity contribution in [3.63, 3.8) is 0 Å². The van der Waals surface area contributed by atoms with Gasteiger partial charge in [-0.05, 0) is 5.56 Å². The Morgan fingerprint density at radius 1 is 1.37 bits per heavy atom. The molecule has 1 aromatic heterocycles. The first-order valence-corrected chi connectivity index (χ1v) is 5.77. The normalized spacial score (nSPS) is 10.6. The van der Waals surface area contributed by atoms with Crippen LogP contribution in [0.4, 0.5) is 11.5 Å². The number of aliphatic hydroxyl groups excluding tert-OH is 1. The molecule has 0 aliphatic heterocycles. The number of nitrogen functional groups attached to an aromatic ring is 1. The third-order valence-corrected chi connectivity index (χ3v) is 2.74. The second-order valence-electron chi connectivity index (χ2n) is 4.05. The molecule has 0 bridgehead atoms. The van der Waals surface area contributed by atoms with Crippen molar-refractivity contribution in [2.24, 2.45) is 0 Å². The predicted molar refractivity (Wildman–Crippen MR) is 69.6 cm³/mol. The first kappa shape index (κ1) is 13.0. The number of hydrogen-bond acceptors (Lipinski definition) is 5. The molecule has 0 saturated carbocycles. The van der Waals surface area contributed by atoms with Crippen LogP contribution in [0.15, 0.2) is 30.3 Å². The smallest absolute Gasteiger partial charge is 0.333 e. The van der Waals surface area contributed by atoms with Gasteiger partial charge in [0, 0.05) is 13.0 Å². The van der Waals surface area contributed by atoms with Gasteiger partial charge < -0.3 is 10.8 Å². The molecule has 0 radical (unpaired) electrons. The molecule has 0 saturated heterocycles. The average Bonchev–Trinajstić information content (AvgIpc) is 2.68. The summed E-state index contributed by atoms with van der Waals surface area (Å²) in [5, 5.41) is 24.0. The van der Waals surface area contributed by atoms with Crippen LogP contribution in [-0.2, 0) is 13.0 Å². The van der Waals surface area contributed by atoms with E-state index >= 15 is 0 Å². The lowest BCUT2D eigenvalue weighted by atomic mass is 10.2. The van der Waals surface area contributed by atoms with Crippen LogP contribution in [0.2, 0.25) is 0 Å². The van der Waals surface area contributed by atoms with Crippen LogP contribution in [0, 0.1) is 10.1 Å². The van der Waals surface area contributed by atoms with Gasteiger partial charge in [-0.3, -0.25) is 10.1 Å². The Balaban J connectivity index is 2.36. The summed E-state index contributed by atoms with van der Waals surface area (Å²) in [7, 11) is 0. The molecular weight excluding hydrogens is 248 g/mol. The van der Waals surface area contributed by atoms with E-state index in [1.807, 2.05) is 30.3 Å². The van der Waals surface area contributed by atoms with Crippen molar-refractivity contribution in [1.82, 2.24) is 9.78 Å². The minimum Gasteiger partial charge on any atom is -0.396 e. The van der Waals surface area contributed by atoms with Crippen molar-refractivity contribution in [3.8, 4) is 0 Å². The molecule has 0 aliphatic rings. The predicted octanol–water partition coefficient (Wildman–Crippen LogP) is 0.957. The van der Waals surface area contributed by atoms with Crippen molar-refractivity contribution in [2.45, 2.75) is 13.0 Å². The summed E-state index contributed by atoms with van der Waals surface area (Å²) in [5.41, 5.74) is 6.70. The molecule has 0 atom stereocenters. The maximum Gasteiger partial charge on any atom is 0.333 e. The molecule has 1 aromatic carbocycles. The summed E-state index contributed by atoms with van der Waals surface area (Å²) in [5.74, 6) is 0.0114. The fourth-order valence-electron chi connectivity index (χ4n) is 1.87. The minimum atomic E-state index is -0.561. The van der Waals surface area contributed by atoms with Gasteiger partial charge in [-0.25, -0.2) is 4.68 Å². The molecule has 7 heteroatoms. The van der Waals surface area contributed by atoms with Crippen molar-refractivity contribution >= 4 is 11.5 Å². The lowest BCUT2D eigenvalue weighted by Crippen LogP contribution is -2.06. The monoisotopic (exact) mass is 262 g/mol. The number of rotatable bonds is 5. The largest absolute Gasteiger partial charge is 0.396 e. The number of anilines is 1. The molecule has 1 heterocycles. The first-order chi connectivity index (χ1) is 9.13. The van der Waals surface area contributed by atoms with E-state index in [2.05, 4.69) is 5.10 Å². The zero-order valence-corrected chi connectivity index (χ0v) is 10.2. The number of hydrogen-bond donors (Lipinski definition) is 2. The highest BCUT2D eigenvalue weighted by atomic mass is 16.6. The van der Waals surface area contributed by atoms with Crippen molar-refractivity contribution in [3.05, 3.63) is 51.7 Å². The van der Waals surface area contributed by atoms with Crippen LogP contribution in [0.3, 0.4) is 0 Å². The molecule has 3 N–H and O–H groups in total. The van der Waals surface area contributed by atoms with Crippen LogP contribution in [0.25, 0.3) is 0 Å². The molecule has 0 unspecified atom stereocenters. The Kier molecular flexibility index (Phi) is 3.76. The van der Waals surface area contributed by atoms with Crippen LogP contribution < -0.4 is 5.73 Å². The zero-order chi connectivity index (χ0) is 13.8. The summed E-state index contributed by atoms with van der Waals surface area (Å²) in [6.45, 7) is 0.154. The second-order valence-corrected chi connectivity index (χ2v) is 4.05. The van der Waals surface area contributed by atoms with Gasteiger partial charge in [-0.15, -0.1) is 0 Å². The summed E-state index contributed by atoms with van der Waals surface area (Å²) >= 11 is 0. The number of benzene rings is 1. The number of nitrogens with two attached hydrogens (primary N) is 1. The summed E-state index contributed by atoms with van der Waals surface area (Å²) in [6.07, 6.45) is 0.113. The van der Waals surface area contributed by atoms with Crippen LogP contribution >= 0.6 is 0 Å². The van der Waals surface area contributed by atoms with Crippen LogP contribution in [0.1, 0.15) is 11.3 Å². The first-order valence-electron chi connectivity index (χ1n) is 5.77. The summed E-state index contributed by atoms with van der Waals surface area (Å²) < 4.78 is 1.39. The number of aromatic nitrogens is 2. The quantitative estimate of drug-likeness (QED) is 0.616. The van der Waals surface area contributed by atoms with Gasteiger partial charge in [0.1, 0.15) is 5.69 Å². The highest BCUT2D eigenvalue weighted by Gasteiger charge is 2.25. The topological polar surface area (TPSA) is 107 Å². The fourth-order valence-corrected chi connectivity index (χ4v) is 1.87. The molecule has 0 amide bonds. The van der Waals surface area contributed by atoms with E-state index in [1.54, 1.807) is 0 Å². The van der Waals surface area contributed by atoms with E-state index in [0.29, 0.717) is 6.54 Å². The standard InChI is InChI=1S/C12H14N4O3/c13-12-11(16(18)19)10(6-7-17)14-15(12)8-9-4-2-1-3-5-9/h1-5,17H,6-8,13H2. The average molecular weight is 262 g/mol. The Morgan fingerprint density at radius 2 is 2.05 bits per heavy atom. The lowest BCUT2D eigenvalue weighted by molar-refractivity contribution is -0.384. The van der Waals surface area contributed by atoms with Crippen molar-refractivity contribution in [1.29, 1.82) is 0 Å². The second kappa shape index (κ2) is 5.49. The molecule has 2 aromatic rings. The molecular formula is C12H14N4O3. The number of nitrogens with zero attached hydrogens (tertiary/aromatic N) is 3. The van der Waals surface area contributed by atoms with E-state index in [0.717, 1.165) is 5.56 Å². The van der Waals surface area contributed by atoms with E-state index in [1.165, 1.54) is 4.68 Å². The lowest BCUT2D eigenvalue weighted by Gasteiger charge is -2.02. The molecule has 100 valence electrons. The zero-order valence-electron chi connectivity index (χ0n) is 10.2. The van der Waals surface area contributed by atoms with Crippen LogP contribution in [-0.4, -0.2) is 26.4 Å². The number of aliphatic hydroxyl groups is 1. The maximum atomic E-state index is 11.0. The maximum absolute atomic E-state index is 11.0. The van der Waals surface area contributed by atoms with Crippen molar-refractivity contribution in [2.75, 3.05) is 12.3 Å². The van der Waals surface area contributed by atoms with E-state index in [4.69, 9.17) is 10.8 Å². The minimum absolute atomic E-state index is 0.0114. The third-order valence-electron chi connectivity index (χ3n) is 2.74. The van der Waals surface area contributed by atoms with Crippen molar-refractivity contribution < 1.29 is 10.0 Å². The highest BCUT2D eigenvalue weighted by molar-refractivity contribution is 5.56.